The Morgan fingerprint density at radius 1 is 1.04 bits per heavy atom. The molecule has 2 fully saturated rings. The standard InChI is InChI=1S/C20H28FO.Rb/c1-15-5-9-17(10-6-15)18-11-7-16(8-12-18)14-22-20-4-2-3-19(21)13-20;/h2,4,13,15-18H,5-12,14H2,1H3;/q-1;+1. The molecule has 0 bridgehead atoms. The van der Waals surface area contributed by atoms with E-state index >= 15 is 0 Å². The Hall–Kier alpha value is 0.755. The molecule has 0 N–H and O–H groups in total. The molecule has 0 aliphatic heterocycles. The van der Waals surface area contributed by atoms with Gasteiger partial charge in [0.25, 0.3) is 0 Å². The first-order chi connectivity index (χ1) is 10.7. The largest absolute Gasteiger partial charge is 1.00 e. The second-order valence-corrected chi connectivity index (χ2v) is 7.48. The molecule has 0 aromatic heterocycles. The van der Waals surface area contributed by atoms with Crippen LogP contribution in [0.2, 0.25) is 0 Å². The van der Waals surface area contributed by atoms with Crippen LogP contribution in [0.15, 0.2) is 18.2 Å². The molecule has 0 amide bonds. The van der Waals surface area contributed by atoms with Gasteiger partial charge in [-0.2, -0.15) is 6.07 Å². The van der Waals surface area contributed by atoms with Crippen molar-refractivity contribution in [1.82, 2.24) is 0 Å². The third-order valence-corrected chi connectivity index (χ3v) is 5.84. The smallest absolute Gasteiger partial charge is 0.519 e. The van der Waals surface area contributed by atoms with Crippen molar-refractivity contribution in [1.29, 1.82) is 0 Å². The van der Waals surface area contributed by atoms with Gasteiger partial charge in [-0.05, 0) is 62.2 Å². The molecule has 23 heavy (non-hydrogen) atoms. The van der Waals surface area contributed by atoms with Crippen LogP contribution in [0.5, 0.6) is 5.75 Å². The maximum atomic E-state index is 13.1. The van der Waals surface area contributed by atoms with Gasteiger partial charge in [-0.3, -0.25) is 0 Å². The Bertz CT molecular complexity index is 462. The van der Waals surface area contributed by atoms with Crippen LogP contribution in [0.4, 0.5) is 4.39 Å². The Balaban J connectivity index is 0.00000192. The van der Waals surface area contributed by atoms with Crippen LogP contribution in [-0.4, -0.2) is 6.61 Å². The van der Waals surface area contributed by atoms with Crippen LogP contribution >= 0.6 is 0 Å². The van der Waals surface area contributed by atoms with Crippen molar-refractivity contribution in [2.75, 3.05) is 6.61 Å². The van der Waals surface area contributed by atoms with Gasteiger partial charge in [0.05, 0.1) is 6.61 Å². The van der Waals surface area contributed by atoms with Gasteiger partial charge >= 0.3 is 58.2 Å². The van der Waals surface area contributed by atoms with Gasteiger partial charge in [0, 0.05) is 11.6 Å². The molecule has 1 aromatic rings. The SMILES string of the molecule is CC1CCC(C2CCC(COc3cc[c-]c(F)c3)CC2)CC1.[Rb+]. The van der Waals surface area contributed by atoms with E-state index in [1.54, 1.807) is 12.1 Å². The number of benzene rings is 1. The van der Waals surface area contributed by atoms with E-state index in [1.165, 1.54) is 57.4 Å². The third kappa shape index (κ3) is 6.20. The van der Waals surface area contributed by atoms with Crippen molar-refractivity contribution in [3.8, 4) is 5.75 Å². The zero-order valence-electron chi connectivity index (χ0n) is 14.7. The van der Waals surface area contributed by atoms with Gasteiger partial charge < -0.3 is 4.74 Å². The van der Waals surface area contributed by atoms with Crippen LogP contribution in [0.3, 0.4) is 0 Å². The fraction of sp³-hybridized carbons (Fsp3) is 0.700. The molecule has 2 aliphatic rings. The topological polar surface area (TPSA) is 9.23 Å². The second kappa shape index (κ2) is 10.0. The summed E-state index contributed by atoms with van der Waals surface area (Å²) in [6.07, 6.45) is 11.1. The molecule has 0 saturated heterocycles. The van der Waals surface area contributed by atoms with Crippen LogP contribution in [-0.2, 0) is 0 Å². The van der Waals surface area contributed by atoms with E-state index in [9.17, 15) is 4.39 Å². The molecular formula is C20H28FORb. The molecule has 0 atom stereocenters. The molecule has 3 heteroatoms. The minimum absolute atomic E-state index is 0. The van der Waals surface area contributed by atoms with E-state index in [4.69, 9.17) is 4.74 Å². The number of hydrogen-bond donors (Lipinski definition) is 0. The van der Waals surface area contributed by atoms with Crippen LogP contribution in [0.25, 0.3) is 0 Å². The predicted molar refractivity (Wildman–Crippen MR) is 87.3 cm³/mol. The van der Waals surface area contributed by atoms with E-state index < -0.39 is 0 Å². The molecule has 0 spiro atoms. The molecule has 3 rings (SSSR count). The Labute approximate surface area is 189 Å². The van der Waals surface area contributed by atoms with Crippen molar-refractivity contribution in [3.63, 3.8) is 0 Å². The van der Waals surface area contributed by atoms with Gasteiger partial charge in [0.2, 0.25) is 0 Å². The first-order valence-electron chi connectivity index (χ1n) is 9.00. The molecule has 0 radical (unpaired) electrons. The summed E-state index contributed by atoms with van der Waals surface area (Å²) in [7, 11) is 0. The van der Waals surface area contributed by atoms with Crippen molar-refractivity contribution < 1.29 is 67.3 Å². The normalized spacial score (nSPS) is 31.2. The molecule has 2 aliphatic carbocycles. The summed E-state index contributed by atoms with van der Waals surface area (Å²) in [4.78, 5) is 0. The molecule has 122 valence electrons. The maximum absolute atomic E-state index is 13.1. The van der Waals surface area contributed by atoms with Gasteiger partial charge in [-0.1, -0.05) is 25.8 Å². The minimum Gasteiger partial charge on any atom is -0.519 e. The summed E-state index contributed by atoms with van der Waals surface area (Å²) in [5, 5.41) is 0. The number of hydrogen-bond acceptors (Lipinski definition) is 1. The summed E-state index contributed by atoms with van der Waals surface area (Å²) in [5.74, 6) is 3.83. The zero-order valence-corrected chi connectivity index (χ0v) is 19.6. The molecular weight excluding hydrogens is 361 g/mol. The number of halogens is 1. The Morgan fingerprint density at radius 2 is 1.65 bits per heavy atom. The van der Waals surface area contributed by atoms with Gasteiger partial charge in [-0.15, -0.1) is 12.1 Å². The maximum Gasteiger partial charge on any atom is 1.00 e. The van der Waals surface area contributed by atoms with Crippen molar-refractivity contribution in [3.05, 3.63) is 30.1 Å². The van der Waals surface area contributed by atoms with Crippen molar-refractivity contribution in [2.45, 2.75) is 58.3 Å². The quantitative estimate of drug-likeness (QED) is 0.720. The summed E-state index contributed by atoms with van der Waals surface area (Å²) in [6.45, 7) is 3.13. The number of ether oxygens (including phenoxy) is 1. The fourth-order valence-corrected chi connectivity index (χ4v) is 4.31. The van der Waals surface area contributed by atoms with Crippen LogP contribution < -0.4 is 62.9 Å². The summed E-state index contributed by atoms with van der Waals surface area (Å²) < 4.78 is 18.8. The molecule has 0 unspecified atom stereocenters. The first-order valence-corrected chi connectivity index (χ1v) is 9.00. The van der Waals surface area contributed by atoms with E-state index in [0.29, 0.717) is 11.7 Å². The van der Waals surface area contributed by atoms with Gasteiger partial charge in [0.1, 0.15) is 0 Å². The summed E-state index contributed by atoms with van der Waals surface area (Å²) in [5.41, 5.74) is 0. The van der Waals surface area contributed by atoms with E-state index in [2.05, 4.69) is 13.0 Å². The summed E-state index contributed by atoms with van der Waals surface area (Å²) in [6, 6.07) is 7.31. The van der Waals surface area contributed by atoms with E-state index in [1.807, 2.05) is 0 Å². The predicted octanol–water partition coefficient (Wildman–Crippen LogP) is 2.64. The summed E-state index contributed by atoms with van der Waals surface area (Å²) >= 11 is 0. The number of rotatable bonds is 4. The van der Waals surface area contributed by atoms with Crippen LogP contribution in [0.1, 0.15) is 58.3 Å². The second-order valence-electron chi connectivity index (χ2n) is 7.48. The van der Waals surface area contributed by atoms with E-state index in [-0.39, 0.29) is 64.0 Å². The minimum atomic E-state index is -0.340. The molecule has 2 saturated carbocycles. The first kappa shape index (κ1) is 20.1. The van der Waals surface area contributed by atoms with Crippen molar-refractivity contribution >= 4 is 0 Å². The van der Waals surface area contributed by atoms with Gasteiger partial charge in [0.15, 0.2) is 0 Å². The average molecular weight is 389 g/mol. The Kier molecular flexibility index (Phi) is 8.76. The monoisotopic (exact) mass is 388 g/mol. The Morgan fingerprint density at radius 3 is 2.26 bits per heavy atom. The van der Waals surface area contributed by atoms with E-state index in [0.717, 1.165) is 24.4 Å². The third-order valence-electron chi connectivity index (χ3n) is 5.84. The van der Waals surface area contributed by atoms with Crippen molar-refractivity contribution in [2.24, 2.45) is 23.7 Å². The zero-order chi connectivity index (χ0) is 15.4. The molecule has 0 heterocycles. The fourth-order valence-electron chi connectivity index (χ4n) is 4.31. The van der Waals surface area contributed by atoms with Crippen LogP contribution in [0, 0.1) is 35.6 Å². The molecule has 1 aromatic carbocycles. The average Bonchev–Trinajstić information content (AvgIpc) is 2.54. The van der Waals surface area contributed by atoms with Gasteiger partial charge in [-0.25, -0.2) is 4.39 Å². The molecule has 1 nitrogen and oxygen atoms in total.